The van der Waals surface area contributed by atoms with Crippen molar-refractivity contribution >= 4 is 55.8 Å². The first kappa shape index (κ1) is 27.9. The molecule has 50 heavy (non-hydrogen) atoms. The van der Waals surface area contributed by atoms with Crippen LogP contribution in [0.5, 0.6) is 0 Å². The Labute approximate surface area is 294 Å². The molecule has 0 radical (unpaired) electrons. The van der Waals surface area contributed by atoms with E-state index in [1.165, 1.54) is 65.1 Å². The monoisotopic (exact) mass is 655 g/mol. The molecule has 0 amide bonds. The summed E-state index contributed by atoms with van der Waals surface area (Å²) in [5.41, 5.74) is 13.9. The molecule has 9 aromatic rings. The van der Waals surface area contributed by atoms with E-state index in [0.29, 0.717) is 0 Å². The maximum absolute atomic E-state index is 6.33. The summed E-state index contributed by atoms with van der Waals surface area (Å²) in [6.07, 6.45) is 0. The van der Waals surface area contributed by atoms with Gasteiger partial charge >= 0.3 is 0 Å². The average molecular weight is 656 g/mol. The van der Waals surface area contributed by atoms with Gasteiger partial charge in [0.25, 0.3) is 0 Å². The molecule has 1 aromatic heterocycles. The largest absolute Gasteiger partial charge is 0.456 e. The fraction of sp³-hybridized carbons (Fsp3) is 0.0213. The van der Waals surface area contributed by atoms with Crippen molar-refractivity contribution in [2.45, 2.75) is 15.2 Å². The van der Waals surface area contributed by atoms with Gasteiger partial charge in [-0.15, -0.1) is 0 Å². The quantitative estimate of drug-likeness (QED) is 0.205. The van der Waals surface area contributed by atoms with E-state index in [1.807, 2.05) is 11.8 Å². The van der Waals surface area contributed by atoms with Gasteiger partial charge in [0, 0.05) is 31.9 Å². The van der Waals surface area contributed by atoms with E-state index in [-0.39, 0.29) is 0 Å². The molecule has 1 spiro atoms. The topological polar surface area (TPSA) is 25.2 Å². The molecule has 0 saturated heterocycles. The van der Waals surface area contributed by atoms with Crippen molar-refractivity contribution < 1.29 is 4.42 Å². The molecule has 1 atom stereocenters. The molecule has 2 nitrogen and oxygen atoms in total. The number of rotatable bonds is 3. The summed E-state index contributed by atoms with van der Waals surface area (Å²) in [4.78, 5) is 2.57. The Morgan fingerprint density at radius 3 is 2.04 bits per heavy atom. The number of anilines is 2. The minimum atomic E-state index is -0.409. The molecule has 1 N–H and O–H groups in total. The molecule has 234 valence electrons. The lowest BCUT2D eigenvalue weighted by atomic mass is 9.67. The summed E-state index contributed by atoms with van der Waals surface area (Å²) < 4.78 is 6.33. The molecule has 1 aliphatic carbocycles. The van der Waals surface area contributed by atoms with Gasteiger partial charge in [-0.3, -0.25) is 0 Å². The lowest BCUT2D eigenvalue weighted by molar-refractivity contribution is 0.669. The molecule has 0 bridgehead atoms. The molecule has 3 heteroatoms. The van der Waals surface area contributed by atoms with Crippen molar-refractivity contribution in [1.29, 1.82) is 0 Å². The second-order valence-corrected chi connectivity index (χ2v) is 14.4. The van der Waals surface area contributed by atoms with E-state index in [1.54, 1.807) is 0 Å². The number of nitrogens with one attached hydrogen (secondary N) is 1. The maximum atomic E-state index is 6.33. The lowest BCUT2D eigenvalue weighted by Gasteiger charge is -2.40. The zero-order chi connectivity index (χ0) is 32.8. The van der Waals surface area contributed by atoms with Crippen LogP contribution < -0.4 is 5.32 Å². The van der Waals surface area contributed by atoms with E-state index < -0.39 is 5.41 Å². The highest BCUT2D eigenvalue weighted by Gasteiger charge is 2.50. The fourth-order valence-electron chi connectivity index (χ4n) is 8.60. The molecule has 8 aromatic carbocycles. The smallest absolute Gasteiger partial charge is 0.136 e. The van der Waals surface area contributed by atoms with Crippen LogP contribution in [0.3, 0.4) is 0 Å². The lowest BCUT2D eigenvalue weighted by Crippen LogP contribution is -2.32. The third kappa shape index (κ3) is 3.87. The first-order valence-corrected chi connectivity index (χ1v) is 17.9. The number of benzene rings is 8. The third-order valence-electron chi connectivity index (χ3n) is 10.7. The van der Waals surface area contributed by atoms with Gasteiger partial charge in [0.15, 0.2) is 0 Å². The number of furan rings is 1. The molecule has 0 fully saturated rings. The van der Waals surface area contributed by atoms with Crippen LogP contribution in [-0.2, 0) is 5.41 Å². The highest BCUT2D eigenvalue weighted by atomic mass is 32.2. The van der Waals surface area contributed by atoms with Crippen LogP contribution in [0.4, 0.5) is 11.4 Å². The Morgan fingerprint density at radius 1 is 0.440 bits per heavy atom. The molecule has 11 rings (SSSR count). The van der Waals surface area contributed by atoms with Crippen LogP contribution in [0.15, 0.2) is 184 Å². The standard InChI is InChI=1S/C47H29NOS/c1-2-11-29(12-3-1)34-16-10-19-43-46(34)37-27-32(22-24-42(37)49-43)48-33-21-23-40-45(28-33)50-44-20-9-8-18-39(44)47(40)38-17-7-6-15-35(38)36-25-30-13-4-5-14-31(30)26-41(36)47/h1-28,48H. The first-order valence-electron chi connectivity index (χ1n) is 17.1. The Bertz CT molecular complexity index is 2830. The summed E-state index contributed by atoms with van der Waals surface area (Å²) in [5, 5.41) is 8.56. The molecular weight excluding hydrogens is 627 g/mol. The van der Waals surface area contributed by atoms with Gasteiger partial charge < -0.3 is 9.73 Å². The van der Waals surface area contributed by atoms with Crippen molar-refractivity contribution in [3.05, 3.63) is 192 Å². The summed E-state index contributed by atoms with van der Waals surface area (Å²) >= 11 is 1.87. The van der Waals surface area contributed by atoms with Crippen LogP contribution in [-0.4, -0.2) is 0 Å². The van der Waals surface area contributed by atoms with Gasteiger partial charge in [0.05, 0.1) is 5.41 Å². The maximum Gasteiger partial charge on any atom is 0.136 e. The van der Waals surface area contributed by atoms with Gasteiger partial charge in [0.2, 0.25) is 0 Å². The van der Waals surface area contributed by atoms with Crippen LogP contribution in [0.25, 0.3) is 55.0 Å². The Morgan fingerprint density at radius 2 is 1.14 bits per heavy atom. The van der Waals surface area contributed by atoms with Crippen molar-refractivity contribution in [2.75, 3.05) is 5.32 Å². The minimum absolute atomic E-state index is 0.409. The highest BCUT2D eigenvalue weighted by Crippen LogP contribution is 2.62. The average Bonchev–Trinajstić information content (AvgIpc) is 3.68. The molecule has 2 aliphatic rings. The third-order valence-corrected chi connectivity index (χ3v) is 11.8. The highest BCUT2D eigenvalue weighted by molar-refractivity contribution is 7.99. The van der Waals surface area contributed by atoms with E-state index in [4.69, 9.17) is 4.42 Å². The van der Waals surface area contributed by atoms with Gasteiger partial charge in [0.1, 0.15) is 11.2 Å². The van der Waals surface area contributed by atoms with Gasteiger partial charge in [-0.25, -0.2) is 0 Å². The van der Waals surface area contributed by atoms with Crippen LogP contribution in [0.1, 0.15) is 22.3 Å². The Hall–Kier alpha value is -6.03. The van der Waals surface area contributed by atoms with Crippen LogP contribution >= 0.6 is 11.8 Å². The van der Waals surface area contributed by atoms with E-state index in [0.717, 1.165) is 33.3 Å². The molecule has 1 unspecified atom stereocenters. The molecule has 2 heterocycles. The molecule has 1 aliphatic heterocycles. The summed E-state index contributed by atoms with van der Waals surface area (Å²) in [5.74, 6) is 0. The van der Waals surface area contributed by atoms with Crippen molar-refractivity contribution in [3.63, 3.8) is 0 Å². The number of hydrogen-bond acceptors (Lipinski definition) is 3. The SMILES string of the molecule is c1ccc(-c2cccc3oc4ccc(Nc5ccc6c(c5)Sc5ccccc5C65c6ccccc6-c6cc7ccccc7cc65)cc4c23)cc1. The second-order valence-electron chi connectivity index (χ2n) is 13.3. The summed E-state index contributed by atoms with van der Waals surface area (Å²) in [6.45, 7) is 0. The fourth-order valence-corrected chi connectivity index (χ4v) is 9.83. The van der Waals surface area contributed by atoms with E-state index in [2.05, 4.69) is 175 Å². The summed E-state index contributed by atoms with van der Waals surface area (Å²) in [6, 6.07) is 61.9. The van der Waals surface area contributed by atoms with Crippen molar-refractivity contribution in [1.82, 2.24) is 0 Å². The first-order chi connectivity index (χ1) is 24.8. The van der Waals surface area contributed by atoms with Gasteiger partial charge in [-0.1, -0.05) is 127 Å². The zero-order valence-electron chi connectivity index (χ0n) is 27.0. The predicted molar refractivity (Wildman–Crippen MR) is 208 cm³/mol. The minimum Gasteiger partial charge on any atom is -0.456 e. The van der Waals surface area contributed by atoms with Crippen LogP contribution in [0.2, 0.25) is 0 Å². The van der Waals surface area contributed by atoms with Gasteiger partial charge in [-0.05, 0) is 110 Å². The van der Waals surface area contributed by atoms with Crippen molar-refractivity contribution in [3.8, 4) is 22.3 Å². The molecular formula is C47H29NOS. The Balaban J connectivity index is 1.08. The van der Waals surface area contributed by atoms with Crippen molar-refractivity contribution in [2.24, 2.45) is 0 Å². The van der Waals surface area contributed by atoms with Gasteiger partial charge in [-0.2, -0.15) is 0 Å². The zero-order valence-corrected chi connectivity index (χ0v) is 27.8. The van der Waals surface area contributed by atoms with E-state index in [9.17, 15) is 0 Å². The number of hydrogen-bond donors (Lipinski definition) is 1. The number of fused-ring (bicyclic) bond motifs is 13. The predicted octanol–water partition coefficient (Wildman–Crippen LogP) is 13.0. The van der Waals surface area contributed by atoms with E-state index >= 15 is 0 Å². The second kappa shape index (κ2) is 10.5. The molecule has 0 saturated carbocycles. The summed E-state index contributed by atoms with van der Waals surface area (Å²) in [7, 11) is 0. The Kier molecular flexibility index (Phi) is 5.84. The normalized spacial score (nSPS) is 15.6. The van der Waals surface area contributed by atoms with Crippen LogP contribution in [0, 0.1) is 0 Å².